The summed E-state index contributed by atoms with van der Waals surface area (Å²) in [6.45, 7) is 15.9. The number of hydrogen-bond acceptors (Lipinski definition) is 7. The fourth-order valence-electron chi connectivity index (χ4n) is 6.46. The molecule has 7 nitrogen and oxygen atoms in total. The molecule has 2 fully saturated rings. The molecule has 7 heteroatoms. The van der Waals surface area contributed by atoms with Crippen molar-refractivity contribution in [3.05, 3.63) is 59.8 Å². The summed E-state index contributed by atoms with van der Waals surface area (Å²) >= 11 is 0. The number of fused-ring (bicyclic) bond motifs is 3. The van der Waals surface area contributed by atoms with Crippen molar-refractivity contribution in [3.8, 4) is 11.8 Å². The standard InChI is InChI=1S/C31H38N6O/c1-22(2)17-34-11-13-35(14-12-34)26-8-6-25-19-37-23(3)18-36(20-27(37)21-38-30(25)15-26)29-9-7-24(16-32)31-28(29)5-4-10-33-31/h4-10,15,22-23,27H,11-14,17-21H2,1-3H3. The van der Waals surface area contributed by atoms with Gasteiger partial charge in [0.25, 0.3) is 0 Å². The lowest BCUT2D eigenvalue weighted by Gasteiger charge is -2.45. The van der Waals surface area contributed by atoms with E-state index in [1.165, 1.54) is 17.8 Å². The van der Waals surface area contributed by atoms with E-state index in [9.17, 15) is 5.26 Å². The second-order valence-corrected chi connectivity index (χ2v) is 11.5. The van der Waals surface area contributed by atoms with Gasteiger partial charge in [-0.25, -0.2) is 0 Å². The first-order valence-corrected chi connectivity index (χ1v) is 14.0. The number of rotatable bonds is 4. The van der Waals surface area contributed by atoms with Crippen LogP contribution in [0.4, 0.5) is 11.4 Å². The van der Waals surface area contributed by atoms with E-state index in [2.05, 4.69) is 81.8 Å². The lowest BCUT2D eigenvalue weighted by Crippen LogP contribution is -2.58. The van der Waals surface area contributed by atoms with Gasteiger partial charge in [-0.3, -0.25) is 14.8 Å². The zero-order valence-corrected chi connectivity index (χ0v) is 22.8. The number of anilines is 2. The Hall–Kier alpha value is -3.34. The first kappa shape index (κ1) is 25.0. The van der Waals surface area contributed by atoms with Crippen LogP contribution in [-0.4, -0.2) is 79.3 Å². The number of nitrogens with zero attached hydrogens (tertiary/aromatic N) is 6. The van der Waals surface area contributed by atoms with E-state index in [4.69, 9.17) is 4.74 Å². The van der Waals surface area contributed by atoms with Gasteiger partial charge in [-0.05, 0) is 43.2 Å². The summed E-state index contributed by atoms with van der Waals surface area (Å²) < 4.78 is 6.52. The molecular weight excluding hydrogens is 472 g/mol. The SMILES string of the molecule is CC(C)CN1CCN(c2ccc3c(c2)OCC2CN(c4ccc(C#N)c5ncccc45)CC(C)N2C3)CC1. The molecule has 1 aromatic heterocycles. The third-order valence-electron chi connectivity index (χ3n) is 8.35. The summed E-state index contributed by atoms with van der Waals surface area (Å²) in [5.41, 5.74) is 5.12. The van der Waals surface area contributed by atoms with E-state index in [-0.39, 0.29) is 6.04 Å². The summed E-state index contributed by atoms with van der Waals surface area (Å²) in [5, 5.41) is 10.6. The number of ether oxygens (including phenoxy) is 1. The number of nitriles is 1. The molecule has 0 aliphatic carbocycles. The molecule has 0 N–H and O–H groups in total. The van der Waals surface area contributed by atoms with Gasteiger partial charge < -0.3 is 14.5 Å². The van der Waals surface area contributed by atoms with Crippen LogP contribution < -0.4 is 14.5 Å². The number of aromatic nitrogens is 1. The van der Waals surface area contributed by atoms with Crippen molar-refractivity contribution in [2.75, 3.05) is 62.2 Å². The van der Waals surface area contributed by atoms with Crippen LogP contribution >= 0.6 is 0 Å². The highest BCUT2D eigenvalue weighted by molar-refractivity contribution is 5.95. The highest BCUT2D eigenvalue weighted by Crippen LogP contribution is 2.35. The van der Waals surface area contributed by atoms with Gasteiger partial charge in [-0.2, -0.15) is 5.26 Å². The van der Waals surface area contributed by atoms with Crippen molar-refractivity contribution >= 4 is 22.3 Å². The van der Waals surface area contributed by atoms with Crippen molar-refractivity contribution in [1.29, 1.82) is 5.26 Å². The zero-order chi connectivity index (χ0) is 26.2. The molecule has 0 radical (unpaired) electrons. The normalized spacial score (nSPS) is 22.5. The Bertz CT molecular complexity index is 1340. The van der Waals surface area contributed by atoms with E-state index in [1.54, 1.807) is 6.20 Å². The maximum atomic E-state index is 9.56. The topological polar surface area (TPSA) is 58.9 Å². The molecule has 0 saturated carbocycles. The summed E-state index contributed by atoms with van der Waals surface area (Å²) in [4.78, 5) is 14.7. The third-order valence-corrected chi connectivity index (χ3v) is 8.35. The maximum Gasteiger partial charge on any atom is 0.125 e. The van der Waals surface area contributed by atoms with Gasteiger partial charge in [0, 0.05) is 93.0 Å². The Morgan fingerprint density at radius 3 is 2.68 bits per heavy atom. The van der Waals surface area contributed by atoms with Crippen LogP contribution in [0.25, 0.3) is 10.9 Å². The summed E-state index contributed by atoms with van der Waals surface area (Å²) in [6.07, 6.45) is 1.77. The highest BCUT2D eigenvalue weighted by Gasteiger charge is 2.36. The lowest BCUT2D eigenvalue weighted by atomic mass is 10.0. The number of benzene rings is 2. The average Bonchev–Trinajstić information content (AvgIpc) is 3.12. The Balaban J connectivity index is 1.19. The van der Waals surface area contributed by atoms with Crippen LogP contribution in [0, 0.1) is 17.2 Å². The molecule has 2 unspecified atom stereocenters. The van der Waals surface area contributed by atoms with Gasteiger partial charge in [-0.1, -0.05) is 19.9 Å². The molecule has 0 spiro atoms. The largest absolute Gasteiger partial charge is 0.491 e. The minimum atomic E-state index is 0.288. The van der Waals surface area contributed by atoms with Gasteiger partial charge in [0.2, 0.25) is 0 Å². The van der Waals surface area contributed by atoms with Crippen LogP contribution in [-0.2, 0) is 6.54 Å². The highest BCUT2D eigenvalue weighted by atomic mass is 16.5. The Morgan fingerprint density at radius 2 is 1.89 bits per heavy atom. The van der Waals surface area contributed by atoms with Crippen LogP contribution in [0.5, 0.6) is 5.75 Å². The number of pyridine rings is 1. The van der Waals surface area contributed by atoms with Crippen molar-refractivity contribution in [2.45, 2.75) is 39.4 Å². The minimum absolute atomic E-state index is 0.288. The lowest BCUT2D eigenvalue weighted by molar-refractivity contribution is 0.0892. The van der Waals surface area contributed by atoms with Crippen LogP contribution in [0.15, 0.2) is 48.7 Å². The quantitative estimate of drug-likeness (QED) is 0.517. The van der Waals surface area contributed by atoms with E-state index < -0.39 is 0 Å². The fraction of sp³-hybridized carbons (Fsp3) is 0.484. The molecule has 3 aromatic rings. The minimum Gasteiger partial charge on any atom is -0.491 e. The molecule has 0 bridgehead atoms. The van der Waals surface area contributed by atoms with Crippen molar-refractivity contribution in [1.82, 2.24) is 14.8 Å². The monoisotopic (exact) mass is 510 g/mol. The van der Waals surface area contributed by atoms with Gasteiger partial charge >= 0.3 is 0 Å². The van der Waals surface area contributed by atoms with Crippen LogP contribution in [0.1, 0.15) is 31.9 Å². The predicted molar refractivity (Wildman–Crippen MR) is 153 cm³/mol. The summed E-state index contributed by atoms with van der Waals surface area (Å²) in [7, 11) is 0. The van der Waals surface area contributed by atoms with Gasteiger partial charge in [0.05, 0.1) is 17.1 Å². The van der Waals surface area contributed by atoms with Crippen LogP contribution in [0.3, 0.4) is 0 Å². The van der Waals surface area contributed by atoms with Gasteiger partial charge in [0.15, 0.2) is 0 Å². The van der Waals surface area contributed by atoms with Crippen molar-refractivity contribution < 1.29 is 4.74 Å². The second-order valence-electron chi connectivity index (χ2n) is 11.5. The molecule has 0 amide bonds. The van der Waals surface area contributed by atoms with Crippen LogP contribution in [0.2, 0.25) is 0 Å². The van der Waals surface area contributed by atoms with Crippen molar-refractivity contribution in [3.63, 3.8) is 0 Å². The van der Waals surface area contributed by atoms with E-state index >= 15 is 0 Å². The summed E-state index contributed by atoms with van der Waals surface area (Å²) in [5.74, 6) is 1.75. The second kappa shape index (κ2) is 10.4. The molecule has 6 rings (SSSR count). The molecule has 3 aliphatic heterocycles. The first-order valence-electron chi connectivity index (χ1n) is 14.0. The Morgan fingerprint density at radius 1 is 1.05 bits per heavy atom. The fourth-order valence-corrected chi connectivity index (χ4v) is 6.46. The Labute approximate surface area is 226 Å². The number of piperazine rings is 2. The van der Waals surface area contributed by atoms with Crippen molar-refractivity contribution in [2.24, 2.45) is 5.92 Å². The van der Waals surface area contributed by atoms with E-state index in [0.29, 0.717) is 24.1 Å². The molecule has 2 aromatic carbocycles. The maximum absolute atomic E-state index is 9.56. The Kier molecular flexibility index (Phi) is 6.86. The third kappa shape index (κ3) is 4.79. The zero-order valence-electron chi connectivity index (χ0n) is 22.8. The molecular formula is C31H38N6O. The van der Waals surface area contributed by atoms with Gasteiger partial charge in [0.1, 0.15) is 18.4 Å². The predicted octanol–water partition coefficient (Wildman–Crippen LogP) is 4.36. The average molecular weight is 511 g/mol. The smallest absolute Gasteiger partial charge is 0.125 e. The number of hydrogen-bond donors (Lipinski definition) is 0. The van der Waals surface area contributed by atoms with Gasteiger partial charge in [-0.15, -0.1) is 0 Å². The van der Waals surface area contributed by atoms with E-state index in [0.717, 1.165) is 68.2 Å². The molecule has 38 heavy (non-hydrogen) atoms. The molecule has 2 saturated heterocycles. The molecule has 198 valence electrons. The molecule has 3 aliphatic rings. The van der Waals surface area contributed by atoms with E-state index in [1.807, 2.05) is 12.1 Å². The molecule has 2 atom stereocenters. The first-order chi connectivity index (χ1) is 18.5. The molecule has 4 heterocycles. The summed E-state index contributed by atoms with van der Waals surface area (Å²) in [6, 6.07) is 17.8.